The van der Waals surface area contributed by atoms with E-state index in [9.17, 15) is 0 Å². The molecule has 0 bridgehead atoms. The van der Waals surface area contributed by atoms with Crippen molar-refractivity contribution >= 4 is 51.7 Å². The van der Waals surface area contributed by atoms with Crippen LogP contribution >= 0.6 is 0 Å². The molecule has 1 aliphatic heterocycles. The number of fused-ring (bicyclic) bond motifs is 4. The SMILES string of the molecule is CC1C=CC2=c3ccc4c(c3=CC(C)C2=C1)C(C)CC(C)C4.O1[SiH2]O[SiH2]O[SiH2]O[SiH2]1. The van der Waals surface area contributed by atoms with Crippen molar-refractivity contribution in [2.24, 2.45) is 17.8 Å². The molecule has 8 heteroatoms. The fourth-order valence-electron chi connectivity index (χ4n) is 5.16. The number of hydrogen-bond donors (Lipinski definition) is 0. The lowest BCUT2D eigenvalue weighted by Gasteiger charge is -2.31. The highest BCUT2D eigenvalue weighted by molar-refractivity contribution is 6.50. The molecule has 4 unspecified atom stereocenters. The highest BCUT2D eigenvalue weighted by atomic mass is 28.4. The Labute approximate surface area is 189 Å². The largest absolute Gasteiger partial charge is 0.425 e. The minimum Gasteiger partial charge on any atom is -0.425 e. The minimum absolute atomic E-state index is 0.535. The number of benzene rings is 1. The zero-order valence-corrected chi connectivity index (χ0v) is 24.3. The molecule has 4 aliphatic rings. The van der Waals surface area contributed by atoms with Gasteiger partial charge in [0.1, 0.15) is 0 Å². The standard InChI is InChI=1S/C22H26.H8O4Si4/c1-13-5-7-18-19-8-6-17-10-14(2)9-16(4)22(17)21(19)12-15(3)20(18)11-13;1-5-2-7-4-8-3-6-1/h5-8,11-16H,9-10H2,1-4H3;5-8H2. The molecule has 0 spiro atoms. The molecule has 5 rings (SSSR count). The summed E-state index contributed by atoms with van der Waals surface area (Å²) in [5.74, 6) is 2.61. The quantitative estimate of drug-likeness (QED) is 0.502. The van der Waals surface area contributed by atoms with E-state index in [0.717, 1.165) is 5.92 Å². The molecule has 1 aromatic carbocycles. The van der Waals surface area contributed by atoms with Crippen LogP contribution in [0.2, 0.25) is 0 Å². The maximum atomic E-state index is 5.10. The third-order valence-corrected chi connectivity index (χ3v) is 11.7. The summed E-state index contributed by atoms with van der Waals surface area (Å²) in [6, 6.07) is 4.78. The molecule has 4 atom stereocenters. The first kappa shape index (κ1) is 22.3. The van der Waals surface area contributed by atoms with Crippen LogP contribution in [0.15, 0.2) is 35.9 Å². The molecule has 0 radical (unpaired) electrons. The van der Waals surface area contributed by atoms with Crippen LogP contribution in [0.4, 0.5) is 0 Å². The predicted octanol–water partition coefficient (Wildman–Crippen LogP) is 0.147. The lowest BCUT2D eigenvalue weighted by Crippen LogP contribution is -2.39. The Morgan fingerprint density at radius 1 is 0.867 bits per heavy atom. The molecule has 1 aromatic rings. The van der Waals surface area contributed by atoms with Crippen LogP contribution in [0.5, 0.6) is 0 Å². The first-order valence-corrected chi connectivity index (χ1v) is 15.8. The monoisotopic (exact) mass is 474 g/mol. The highest BCUT2D eigenvalue weighted by Gasteiger charge is 2.26. The van der Waals surface area contributed by atoms with E-state index in [1.54, 1.807) is 11.1 Å². The van der Waals surface area contributed by atoms with Crippen molar-refractivity contribution in [2.75, 3.05) is 0 Å². The molecule has 0 N–H and O–H groups in total. The van der Waals surface area contributed by atoms with Crippen LogP contribution in [-0.4, -0.2) is 40.0 Å². The number of rotatable bonds is 0. The van der Waals surface area contributed by atoms with Crippen LogP contribution in [0.3, 0.4) is 0 Å². The molecule has 0 saturated carbocycles. The molecule has 1 saturated heterocycles. The Morgan fingerprint density at radius 3 is 2.20 bits per heavy atom. The van der Waals surface area contributed by atoms with Crippen LogP contribution in [0, 0.1) is 17.8 Å². The molecule has 30 heavy (non-hydrogen) atoms. The summed E-state index contributed by atoms with van der Waals surface area (Å²) in [6.45, 7) is 9.45. The Bertz CT molecular complexity index is 935. The van der Waals surface area contributed by atoms with Crippen molar-refractivity contribution in [3.8, 4) is 0 Å². The van der Waals surface area contributed by atoms with E-state index in [0.29, 0.717) is 17.8 Å². The van der Waals surface area contributed by atoms with Gasteiger partial charge >= 0.3 is 0 Å². The summed E-state index contributed by atoms with van der Waals surface area (Å²) < 4.78 is 20.4. The minimum atomic E-state index is -0.653. The molecule has 0 aromatic heterocycles. The van der Waals surface area contributed by atoms with Crippen molar-refractivity contribution in [1.29, 1.82) is 0 Å². The van der Waals surface area contributed by atoms with Gasteiger partial charge in [0.15, 0.2) is 0 Å². The van der Waals surface area contributed by atoms with Crippen molar-refractivity contribution in [3.63, 3.8) is 0 Å². The lowest BCUT2D eigenvalue weighted by molar-refractivity contribution is 0.347. The van der Waals surface area contributed by atoms with E-state index in [1.807, 2.05) is 0 Å². The first-order valence-electron chi connectivity index (χ1n) is 11.1. The molecule has 0 amide bonds. The zero-order valence-electron chi connectivity index (χ0n) is 18.6. The predicted molar refractivity (Wildman–Crippen MR) is 134 cm³/mol. The van der Waals surface area contributed by atoms with Gasteiger partial charge in [0.2, 0.25) is 0 Å². The molecule has 1 fully saturated rings. The molecule has 162 valence electrons. The van der Waals surface area contributed by atoms with Gasteiger partial charge in [-0.25, -0.2) is 0 Å². The molecule has 1 heterocycles. The van der Waals surface area contributed by atoms with E-state index in [4.69, 9.17) is 16.5 Å². The maximum absolute atomic E-state index is 5.10. The van der Waals surface area contributed by atoms with Crippen molar-refractivity contribution in [1.82, 2.24) is 0 Å². The van der Waals surface area contributed by atoms with E-state index in [2.05, 4.69) is 64.1 Å². The summed E-state index contributed by atoms with van der Waals surface area (Å²) in [4.78, 5) is 0. The van der Waals surface area contributed by atoms with Gasteiger partial charge in [-0.05, 0) is 63.3 Å². The van der Waals surface area contributed by atoms with Gasteiger partial charge in [-0.15, -0.1) is 0 Å². The summed E-state index contributed by atoms with van der Waals surface area (Å²) in [6.07, 6.45) is 12.3. The van der Waals surface area contributed by atoms with Crippen molar-refractivity contribution < 1.29 is 16.5 Å². The Kier molecular flexibility index (Phi) is 7.58. The summed E-state index contributed by atoms with van der Waals surface area (Å²) >= 11 is 0. The average molecular weight is 475 g/mol. The Hall–Kier alpha value is -0.852. The van der Waals surface area contributed by atoms with Crippen LogP contribution in [-0.2, 0) is 22.9 Å². The van der Waals surface area contributed by atoms with Crippen molar-refractivity contribution in [3.05, 3.63) is 57.5 Å². The number of hydrogen-bond acceptors (Lipinski definition) is 4. The Morgan fingerprint density at radius 2 is 1.53 bits per heavy atom. The third kappa shape index (κ3) is 4.96. The van der Waals surface area contributed by atoms with Gasteiger partial charge in [0.05, 0.1) is 0 Å². The van der Waals surface area contributed by atoms with Crippen LogP contribution < -0.4 is 10.4 Å². The lowest BCUT2D eigenvalue weighted by atomic mass is 9.74. The summed E-state index contributed by atoms with van der Waals surface area (Å²) in [5, 5.41) is 3.00. The second kappa shape index (κ2) is 10.2. The normalized spacial score (nSPS) is 33.5. The molecular formula is C22H34O4Si4. The summed E-state index contributed by atoms with van der Waals surface area (Å²) in [5.41, 5.74) is 6.23. The van der Waals surface area contributed by atoms with Gasteiger partial charge < -0.3 is 16.5 Å². The highest BCUT2D eigenvalue weighted by Crippen LogP contribution is 2.34. The maximum Gasteiger partial charge on any atom is 0.286 e. The van der Waals surface area contributed by atoms with E-state index in [-0.39, 0.29) is 0 Å². The van der Waals surface area contributed by atoms with Gasteiger partial charge in [-0.1, -0.05) is 64.1 Å². The van der Waals surface area contributed by atoms with Gasteiger partial charge in [-0.3, -0.25) is 0 Å². The first-order chi connectivity index (χ1) is 14.5. The molecule has 3 aliphatic carbocycles. The third-order valence-electron chi connectivity index (χ3n) is 6.38. The van der Waals surface area contributed by atoms with Gasteiger partial charge in [-0.2, -0.15) is 0 Å². The average Bonchev–Trinajstić information content (AvgIpc) is 2.67. The number of allylic oxidation sites excluding steroid dienone is 4. The van der Waals surface area contributed by atoms with Crippen molar-refractivity contribution in [2.45, 2.75) is 46.5 Å². The summed E-state index contributed by atoms with van der Waals surface area (Å²) in [7, 11) is -2.61. The van der Waals surface area contributed by atoms with Crippen LogP contribution in [0.25, 0.3) is 11.6 Å². The van der Waals surface area contributed by atoms with E-state index in [1.165, 1.54) is 34.4 Å². The second-order valence-electron chi connectivity index (χ2n) is 9.04. The van der Waals surface area contributed by atoms with Gasteiger partial charge in [0, 0.05) is 5.92 Å². The topological polar surface area (TPSA) is 36.9 Å². The molecular weight excluding hydrogens is 441 g/mol. The fraction of sp³-hybridized carbons (Fsp3) is 0.455. The van der Waals surface area contributed by atoms with Crippen LogP contribution in [0.1, 0.15) is 51.2 Å². The van der Waals surface area contributed by atoms with Gasteiger partial charge in [0.25, 0.3) is 40.0 Å². The smallest absolute Gasteiger partial charge is 0.286 e. The van der Waals surface area contributed by atoms with E-state index >= 15 is 0 Å². The fourth-order valence-corrected chi connectivity index (χ4v) is 12.4. The second-order valence-corrected chi connectivity index (χ2v) is 16.5. The van der Waals surface area contributed by atoms with E-state index < -0.39 is 40.0 Å². The molecule has 4 nitrogen and oxygen atoms in total. The zero-order chi connectivity index (χ0) is 21.1. The Balaban J connectivity index is 0.000000230.